The molecule has 2 unspecified atom stereocenters. The maximum absolute atomic E-state index is 12.5. The van der Waals surface area contributed by atoms with Gasteiger partial charge in [-0.1, -0.05) is 13.8 Å². The molecule has 4 rings (SSSR count). The molecule has 0 spiro atoms. The third kappa shape index (κ3) is 1.68. The first-order valence-electron chi connectivity index (χ1n) is 6.91. The number of rotatable bonds is 3. The molecule has 17 heavy (non-hydrogen) atoms. The minimum atomic E-state index is -0.0288. The number of Topliss-reactive ketones (excluding diaryl/α,β-unsaturated/α-hetero) is 1. The molecule has 4 aliphatic rings. The minimum Gasteiger partial charge on any atom is -0.377 e. The van der Waals surface area contributed by atoms with Gasteiger partial charge in [0.1, 0.15) is 6.61 Å². The first-order valence-corrected chi connectivity index (χ1v) is 6.91. The second-order valence-electron chi connectivity index (χ2n) is 7.77. The number of carbonyl (C=O) groups is 1. The molecule has 4 aliphatic carbocycles. The lowest BCUT2D eigenvalue weighted by Crippen LogP contribution is -2.58. The lowest BCUT2D eigenvalue weighted by molar-refractivity contribution is -0.171. The number of carbonyl (C=O) groups excluding carboxylic acids is 1. The molecule has 2 heteroatoms. The van der Waals surface area contributed by atoms with Gasteiger partial charge in [-0.25, -0.2) is 0 Å². The van der Waals surface area contributed by atoms with Gasteiger partial charge in [0, 0.05) is 12.5 Å². The summed E-state index contributed by atoms with van der Waals surface area (Å²) in [5, 5.41) is 0. The van der Waals surface area contributed by atoms with E-state index in [2.05, 4.69) is 13.8 Å². The number of hydrogen-bond donors (Lipinski definition) is 0. The molecule has 0 aromatic rings. The van der Waals surface area contributed by atoms with Gasteiger partial charge < -0.3 is 4.74 Å². The van der Waals surface area contributed by atoms with Crippen molar-refractivity contribution < 1.29 is 9.53 Å². The second-order valence-corrected chi connectivity index (χ2v) is 7.77. The summed E-state index contributed by atoms with van der Waals surface area (Å²) in [6.45, 7) is 5.13. The third-order valence-corrected chi connectivity index (χ3v) is 5.49. The Morgan fingerprint density at radius 3 is 2.18 bits per heavy atom. The summed E-state index contributed by atoms with van der Waals surface area (Å²) in [5.41, 5.74) is 0.827. The first-order chi connectivity index (χ1) is 7.89. The minimum absolute atomic E-state index is 0.0288. The topological polar surface area (TPSA) is 26.3 Å². The van der Waals surface area contributed by atoms with Crippen LogP contribution in [-0.4, -0.2) is 19.5 Å². The van der Waals surface area contributed by atoms with E-state index in [0.717, 1.165) is 25.2 Å². The van der Waals surface area contributed by atoms with Gasteiger partial charge in [-0.15, -0.1) is 0 Å². The molecule has 0 aliphatic heterocycles. The van der Waals surface area contributed by atoms with Crippen LogP contribution < -0.4 is 0 Å². The molecule has 96 valence electrons. The summed E-state index contributed by atoms with van der Waals surface area (Å²) in [5.74, 6) is 1.17. The Morgan fingerprint density at radius 2 is 1.71 bits per heavy atom. The van der Waals surface area contributed by atoms with Crippen molar-refractivity contribution in [3.05, 3.63) is 0 Å². The molecular formula is C15H24O2. The van der Waals surface area contributed by atoms with Gasteiger partial charge in [0.15, 0.2) is 5.78 Å². The number of hydrogen-bond acceptors (Lipinski definition) is 2. The van der Waals surface area contributed by atoms with Crippen LogP contribution in [-0.2, 0) is 9.53 Å². The molecule has 0 saturated heterocycles. The van der Waals surface area contributed by atoms with Crippen LogP contribution in [0.1, 0.15) is 52.4 Å². The SMILES string of the molecule is COCC(=O)C12CC3CC(C)(CC(C)(C3)C1)C2. The van der Waals surface area contributed by atoms with Crippen LogP contribution in [0.15, 0.2) is 0 Å². The largest absolute Gasteiger partial charge is 0.377 e. The second kappa shape index (κ2) is 3.34. The number of ether oxygens (including phenoxy) is 1. The van der Waals surface area contributed by atoms with Crippen molar-refractivity contribution in [2.24, 2.45) is 22.2 Å². The molecule has 4 fully saturated rings. The Hall–Kier alpha value is -0.370. The van der Waals surface area contributed by atoms with E-state index in [1.54, 1.807) is 7.11 Å². The van der Waals surface area contributed by atoms with Gasteiger partial charge in [-0.3, -0.25) is 4.79 Å². The van der Waals surface area contributed by atoms with Gasteiger partial charge in [0.2, 0.25) is 0 Å². The molecule has 0 heterocycles. The van der Waals surface area contributed by atoms with Crippen molar-refractivity contribution in [2.75, 3.05) is 13.7 Å². The smallest absolute Gasteiger partial charge is 0.164 e. The Kier molecular flexibility index (Phi) is 2.30. The van der Waals surface area contributed by atoms with E-state index in [4.69, 9.17) is 4.74 Å². The summed E-state index contributed by atoms with van der Waals surface area (Å²) in [4.78, 5) is 12.5. The predicted molar refractivity (Wildman–Crippen MR) is 66.7 cm³/mol. The third-order valence-electron chi connectivity index (χ3n) is 5.49. The van der Waals surface area contributed by atoms with E-state index in [-0.39, 0.29) is 5.41 Å². The summed E-state index contributed by atoms with van der Waals surface area (Å²) >= 11 is 0. The highest BCUT2D eigenvalue weighted by molar-refractivity contribution is 5.86. The lowest BCUT2D eigenvalue weighted by atomic mass is 9.39. The van der Waals surface area contributed by atoms with Crippen LogP contribution in [0.5, 0.6) is 0 Å². The Bertz CT molecular complexity index is 342. The highest BCUT2D eigenvalue weighted by Gasteiger charge is 2.62. The van der Waals surface area contributed by atoms with Gasteiger partial charge in [0.05, 0.1) is 0 Å². The van der Waals surface area contributed by atoms with Crippen LogP contribution in [0.2, 0.25) is 0 Å². The van der Waals surface area contributed by atoms with E-state index >= 15 is 0 Å². The monoisotopic (exact) mass is 236 g/mol. The highest BCUT2D eigenvalue weighted by atomic mass is 16.5. The fourth-order valence-corrected chi connectivity index (χ4v) is 6.04. The zero-order valence-corrected chi connectivity index (χ0v) is 11.3. The molecule has 2 nitrogen and oxygen atoms in total. The zero-order chi connectivity index (χ0) is 12.3. The number of ketones is 1. The van der Waals surface area contributed by atoms with E-state index in [9.17, 15) is 4.79 Å². The van der Waals surface area contributed by atoms with Crippen molar-refractivity contribution in [2.45, 2.75) is 52.4 Å². The average Bonchev–Trinajstić information content (AvgIpc) is 2.11. The van der Waals surface area contributed by atoms with Gasteiger partial charge in [-0.05, 0) is 55.3 Å². The van der Waals surface area contributed by atoms with E-state index < -0.39 is 0 Å². The predicted octanol–water partition coefficient (Wildman–Crippen LogP) is 3.20. The molecule has 0 N–H and O–H groups in total. The molecule has 0 aromatic carbocycles. The number of methoxy groups -OCH3 is 1. The van der Waals surface area contributed by atoms with Crippen molar-refractivity contribution in [3.8, 4) is 0 Å². The van der Waals surface area contributed by atoms with Gasteiger partial charge >= 0.3 is 0 Å². The molecule has 0 amide bonds. The maximum Gasteiger partial charge on any atom is 0.164 e. The summed E-state index contributed by atoms with van der Waals surface area (Å²) in [6.07, 6.45) is 7.41. The van der Waals surface area contributed by atoms with Gasteiger partial charge in [-0.2, -0.15) is 0 Å². The Labute approximate surface area is 104 Å². The summed E-state index contributed by atoms with van der Waals surface area (Å²) in [7, 11) is 1.64. The van der Waals surface area contributed by atoms with Crippen molar-refractivity contribution in [3.63, 3.8) is 0 Å². The Morgan fingerprint density at radius 1 is 1.12 bits per heavy atom. The molecule has 0 radical (unpaired) electrons. The van der Waals surface area contributed by atoms with Crippen LogP contribution >= 0.6 is 0 Å². The van der Waals surface area contributed by atoms with Crippen molar-refractivity contribution in [1.82, 2.24) is 0 Å². The van der Waals surface area contributed by atoms with Crippen LogP contribution in [0.25, 0.3) is 0 Å². The molecule has 0 aromatic heterocycles. The summed E-state index contributed by atoms with van der Waals surface area (Å²) < 4.78 is 5.11. The first kappa shape index (κ1) is 11.7. The maximum atomic E-state index is 12.5. The standard InChI is InChI=1S/C15H24O2/c1-13-4-11-5-14(2,8-13)10-15(6-11,9-13)12(16)7-17-3/h11H,4-10H2,1-3H3. The van der Waals surface area contributed by atoms with Crippen molar-refractivity contribution in [1.29, 1.82) is 0 Å². The summed E-state index contributed by atoms with van der Waals surface area (Å²) in [6, 6.07) is 0. The fourth-order valence-electron chi connectivity index (χ4n) is 6.04. The fraction of sp³-hybridized carbons (Fsp3) is 0.933. The van der Waals surface area contributed by atoms with Crippen LogP contribution in [0.3, 0.4) is 0 Å². The molecular weight excluding hydrogens is 212 g/mol. The molecule has 4 saturated carbocycles. The highest BCUT2D eigenvalue weighted by Crippen LogP contribution is 2.69. The quantitative estimate of drug-likeness (QED) is 0.752. The van der Waals surface area contributed by atoms with Crippen molar-refractivity contribution >= 4 is 5.78 Å². The van der Waals surface area contributed by atoms with Gasteiger partial charge in [0.25, 0.3) is 0 Å². The lowest BCUT2D eigenvalue weighted by Gasteiger charge is -2.64. The van der Waals surface area contributed by atoms with E-state index in [0.29, 0.717) is 23.2 Å². The zero-order valence-electron chi connectivity index (χ0n) is 11.3. The van der Waals surface area contributed by atoms with Crippen LogP contribution in [0.4, 0.5) is 0 Å². The van der Waals surface area contributed by atoms with E-state index in [1.165, 1.54) is 19.3 Å². The van der Waals surface area contributed by atoms with E-state index in [1.807, 2.05) is 0 Å². The van der Waals surface area contributed by atoms with Crippen LogP contribution in [0, 0.1) is 22.2 Å². The normalized spacial score (nSPS) is 51.8. The molecule has 2 atom stereocenters. The molecule has 4 bridgehead atoms. The Balaban J connectivity index is 1.94. The average molecular weight is 236 g/mol.